The zero-order chi connectivity index (χ0) is 103. The Kier molecular flexibility index (Phi) is 38.8. The maximum atomic E-state index is 13.3. The summed E-state index contributed by atoms with van der Waals surface area (Å²) in [6.07, 6.45) is -17.3. The highest BCUT2D eigenvalue weighted by Crippen LogP contribution is 2.30. The summed E-state index contributed by atoms with van der Waals surface area (Å²) in [6.45, 7) is 27.4. The van der Waals surface area contributed by atoms with Crippen LogP contribution in [0.3, 0.4) is 0 Å². The van der Waals surface area contributed by atoms with E-state index in [4.69, 9.17) is 59.5 Å². The molecular weight excluding hydrogens is 1870 g/mol. The summed E-state index contributed by atoms with van der Waals surface area (Å²) in [5, 5.41) is 60.8. The normalized spacial score (nSPS) is 14.8. The van der Waals surface area contributed by atoms with Crippen LogP contribution in [-0.4, -0.2) is 285 Å². The molecule has 55 heteroatoms. The summed E-state index contributed by atoms with van der Waals surface area (Å²) in [4.78, 5) is 152. The summed E-state index contributed by atoms with van der Waals surface area (Å²) >= 11 is 0. The number of hydrogen-bond acceptors (Lipinski definition) is 30. The fourth-order valence-electron chi connectivity index (χ4n) is 13.7. The quantitative estimate of drug-likeness (QED) is 0.0457. The predicted molar refractivity (Wildman–Crippen MR) is 489 cm³/mol. The van der Waals surface area contributed by atoms with E-state index in [1.54, 1.807) is 66.6 Å². The van der Waals surface area contributed by atoms with Gasteiger partial charge in [-0.15, -0.1) is 23.7 Å². The first-order valence-electron chi connectivity index (χ1n) is 42.4. The summed E-state index contributed by atoms with van der Waals surface area (Å²) in [5.74, 6) is 17.0. The van der Waals surface area contributed by atoms with Crippen LogP contribution < -0.4 is 84.0 Å². The van der Waals surface area contributed by atoms with Crippen molar-refractivity contribution >= 4 is 134 Å². The van der Waals surface area contributed by atoms with Gasteiger partial charge in [-0.25, -0.2) is 24.2 Å². The zero-order valence-electron chi connectivity index (χ0n) is 76.6. The molecule has 0 spiro atoms. The van der Waals surface area contributed by atoms with Crippen LogP contribution in [0.1, 0.15) is 54.4 Å². The molecule has 15 rings (SSSR count). The third-order valence-electron chi connectivity index (χ3n) is 20.5. The van der Waals surface area contributed by atoms with Gasteiger partial charge in [-0.05, 0) is 78.6 Å². The molecular formula is C84H101F12N29O14. The van der Waals surface area contributed by atoms with E-state index >= 15 is 0 Å². The number of hydrogen-bond donors (Lipinski definition) is 12. The number of rotatable bonds is 16. The van der Waals surface area contributed by atoms with Crippen LogP contribution in [-0.2, 0) is 78.3 Å². The topological polar surface area (TPSA) is 511 Å². The van der Waals surface area contributed by atoms with Crippen LogP contribution in [0.15, 0.2) is 73.9 Å². The van der Waals surface area contributed by atoms with Gasteiger partial charge in [-0.1, -0.05) is 47.9 Å². The van der Waals surface area contributed by atoms with Gasteiger partial charge in [-0.2, -0.15) is 92.6 Å². The second-order valence-corrected chi connectivity index (χ2v) is 30.5. The van der Waals surface area contributed by atoms with Crippen molar-refractivity contribution in [2.24, 2.45) is 34.1 Å². The molecule has 750 valence electrons. The van der Waals surface area contributed by atoms with E-state index < -0.39 is 60.5 Å². The molecule has 0 bridgehead atoms. The average Bonchev–Trinajstić information content (AvgIpc) is 1.62. The van der Waals surface area contributed by atoms with Crippen molar-refractivity contribution in [1.82, 2.24) is 103 Å². The number of alkyl halides is 12. The van der Waals surface area contributed by atoms with Crippen LogP contribution in [0.4, 0.5) is 112 Å². The Morgan fingerprint density at radius 1 is 0.396 bits per heavy atom. The minimum atomic E-state index is -5.08. The summed E-state index contributed by atoms with van der Waals surface area (Å²) in [6, 6.07) is 15.4. The summed E-state index contributed by atoms with van der Waals surface area (Å²) < 4.78 is 141. The zero-order valence-corrected chi connectivity index (χ0v) is 76.6. The number of aliphatic carboxylic acids is 5. The predicted octanol–water partition coefficient (Wildman–Crippen LogP) is 4.79. The Hall–Kier alpha value is -15.2. The highest BCUT2D eigenvalue weighted by molar-refractivity contribution is 5.81. The van der Waals surface area contributed by atoms with Gasteiger partial charge >= 0.3 is 54.6 Å². The van der Waals surface area contributed by atoms with Gasteiger partial charge in [0.05, 0.1) is 32.1 Å². The molecule has 139 heavy (non-hydrogen) atoms. The van der Waals surface area contributed by atoms with E-state index in [1.807, 2.05) is 85.5 Å². The van der Waals surface area contributed by atoms with Crippen LogP contribution in [0.5, 0.6) is 0 Å². The number of piperidine rings is 1. The fourth-order valence-corrected chi connectivity index (χ4v) is 13.7. The van der Waals surface area contributed by atoms with Crippen molar-refractivity contribution < 1.29 is 102 Å². The number of carbonyl (C=O) groups is 5. The Morgan fingerprint density at radius 2 is 0.683 bits per heavy atom. The SMILES string of the molecule is CC#CCn1c(N2CCNCC2)nc2nc(N3CCCC(C(=O)O)C3)n(C)c(=O)c21.CC#CCn1c(N2CCNCC2)nc2nc(NC(C)C)n(C)c(=O)c21.CC#CCn1c(N2CCNCC2)nc2nc(Nc3ccccc3)n(C)c(=O)c21.CC#CCn1c(N2CCNCC2)nc2nc(Nc3ccccn3)n(C)c(=O)c21.O=C(O)C(F)(F)F.O=C(O)C(F)(F)F.O=C(O)C(F)(F)F.O=C(O)C(F)(F)F. The molecule has 0 saturated carbocycles. The molecule has 1 aromatic carbocycles. The lowest BCUT2D eigenvalue weighted by atomic mass is 9.99. The number of anilines is 10. The Balaban J connectivity index is 0.000000208. The first kappa shape index (κ1) is 109. The van der Waals surface area contributed by atoms with Gasteiger partial charge in [0, 0.05) is 164 Å². The monoisotopic (exact) mass is 1970 g/mol. The minimum Gasteiger partial charge on any atom is -0.481 e. The number of carboxylic acids is 5. The minimum absolute atomic E-state index is 0.111. The second kappa shape index (κ2) is 49.5. The maximum Gasteiger partial charge on any atom is 0.490 e. The number of aromatic nitrogens is 17. The van der Waals surface area contributed by atoms with E-state index in [2.05, 4.69) is 129 Å². The van der Waals surface area contributed by atoms with E-state index in [0.29, 0.717) is 126 Å². The molecule has 43 nitrogen and oxygen atoms in total. The van der Waals surface area contributed by atoms with E-state index in [9.17, 15) is 81.8 Å². The van der Waals surface area contributed by atoms with Crippen molar-refractivity contribution in [2.75, 3.05) is 158 Å². The average molecular weight is 1970 g/mol. The molecule has 1 unspecified atom stereocenters. The Morgan fingerprint density at radius 3 is 0.978 bits per heavy atom. The third-order valence-corrected chi connectivity index (χ3v) is 20.5. The number of para-hydroxylation sites is 1. The first-order chi connectivity index (χ1) is 65.7. The van der Waals surface area contributed by atoms with E-state index in [1.165, 1.54) is 13.7 Å². The highest BCUT2D eigenvalue weighted by Gasteiger charge is 2.41. The Labute approximate surface area is 782 Å². The number of imidazole rings is 4. The number of piperazine rings is 4. The standard InChI is InChI=1S/C20H27N7O3.C20H23N7O.C19H22N8O.C17H25N7O.4C2HF3O2/c1-3-4-10-27-15-16(23-20(27)25-11-7-21-8-12-25)22-19(24(2)17(15)28)26-9-5-6-14(13-26)18(29)30;1-3-4-12-27-16-17(24-20(27)26-13-10-21-11-14-26)23-19(25(2)18(16)28)22-15-8-6-5-7-9-15;1-3-4-11-27-15-16(24-19(27)26-12-9-20-10-13-26)23-18(25(2)17(15)28)22-14-7-5-6-8-21-14;1-5-6-9-24-13-14(21-17(24)23-10-7-18-8-11-23)20-16(19-12(2)3)22(4)15(13)25;4*3-2(4,5)1(6)7/h14,21H,5-13H2,1-2H3,(H,29,30);5-9,21H,10-14H2,1-2H3,(H,22,23);5-8,20H,9-13H2,1-2H3,(H,21,22,23);12,18H,7-11H2,1-4H3,(H,19,20);4*(H,6,7). The number of benzene rings is 1. The van der Waals surface area contributed by atoms with Gasteiger partial charge in [-0.3, -0.25) is 60.5 Å². The molecule has 9 aromatic heterocycles. The van der Waals surface area contributed by atoms with Crippen LogP contribution in [0.25, 0.3) is 44.7 Å². The van der Waals surface area contributed by atoms with Crippen LogP contribution in [0.2, 0.25) is 0 Å². The molecule has 10 aromatic rings. The van der Waals surface area contributed by atoms with Gasteiger partial charge < -0.3 is 87.2 Å². The number of nitrogens with one attached hydrogen (secondary N) is 7. The second-order valence-electron chi connectivity index (χ2n) is 30.5. The van der Waals surface area contributed by atoms with Gasteiger partial charge in [0.2, 0.25) is 47.6 Å². The van der Waals surface area contributed by atoms with Gasteiger partial charge in [0.25, 0.3) is 22.2 Å². The number of nitrogens with zero attached hydrogens (tertiary/aromatic N) is 22. The fraction of sp³-hybridized carbons (Fsp3) is 0.476. The van der Waals surface area contributed by atoms with Gasteiger partial charge in [0.1, 0.15) is 5.82 Å². The third kappa shape index (κ3) is 29.4. The first-order valence-corrected chi connectivity index (χ1v) is 42.4. The number of halogens is 12. The molecule has 0 aliphatic carbocycles. The number of carboxylic acid groups (broad SMARTS) is 5. The summed E-state index contributed by atoms with van der Waals surface area (Å²) in [5.41, 5.74) is 3.84. The molecule has 5 aliphatic rings. The van der Waals surface area contributed by atoms with Crippen molar-refractivity contribution in [3.63, 3.8) is 0 Å². The molecule has 5 saturated heterocycles. The van der Waals surface area contributed by atoms with Crippen molar-refractivity contribution in [3.8, 4) is 47.4 Å². The van der Waals surface area contributed by atoms with Crippen molar-refractivity contribution in [3.05, 3.63) is 96.1 Å². The van der Waals surface area contributed by atoms with Gasteiger partial charge in [0.15, 0.2) is 44.7 Å². The molecule has 12 N–H and O–H groups in total. The van der Waals surface area contributed by atoms with Crippen molar-refractivity contribution in [1.29, 1.82) is 0 Å². The maximum absolute atomic E-state index is 13.3. The smallest absolute Gasteiger partial charge is 0.481 e. The summed E-state index contributed by atoms with van der Waals surface area (Å²) in [7, 11) is 6.81. The molecule has 1 atom stereocenters. The lowest BCUT2D eigenvalue weighted by Gasteiger charge is -2.32. The van der Waals surface area contributed by atoms with Crippen LogP contribution >= 0.6 is 0 Å². The Bertz CT molecular complexity index is 6220. The largest absolute Gasteiger partial charge is 0.490 e. The lowest BCUT2D eigenvalue weighted by molar-refractivity contribution is -0.193. The molecule has 5 aliphatic heterocycles. The molecule has 0 radical (unpaired) electrons. The lowest BCUT2D eigenvalue weighted by Crippen LogP contribution is -2.44. The van der Waals surface area contributed by atoms with Crippen LogP contribution in [0, 0.1) is 53.3 Å². The molecule has 5 fully saturated rings. The number of pyridine rings is 1. The molecule has 0 amide bonds. The van der Waals surface area contributed by atoms with Crippen molar-refractivity contribution in [2.45, 2.75) is 111 Å². The highest BCUT2D eigenvalue weighted by atomic mass is 19.4. The van der Waals surface area contributed by atoms with E-state index in [0.717, 1.165) is 135 Å². The van der Waals surface area contributed by atoms with E-state index in [-0.39, 0.29) is 28.3 Å². The number of fused-ring (bicyclic) bond motifs is 4. The molecule has 14 heterocycles.